The molecule has 0 unspecified atom stereocenters. The molecule has 0 atom stereocenters. The average molecular weight is 341 g/mol. The maximum absolute atomic E-state index is 12.6. The summed E-state index contributed by atoms with van der Waals surface area (Å²) >= 11 is 0. The van der Waals surface area contributed by atoms with Crippen molar-refractivity contribution >= 4 is 30.7 Å². The minimum Gasteiger partial charge on any atom is -0.332 e. The molecule has 0 radical (unpaired) electrons. The van der Waals surface area contributed by atoms with E-state index < -0.39 is 0 Å². The predicted octanol–water partition coefficient (Wildman–Crippen LogP) is 1.99. The van der Waals surface area contributed by atoms with Gasteiger partial charge in [-0.3, -0.25) is 4.79 Å². The van der Waals surface area contributed by atoms with E-state index in [0.29, 0.717) is 6.54 Å². The van der Waals surface area contributed by atoms with Crippen LogP contribution in [0.1, 0.15) is 27.3 Å². The molecule has 5 nitrogen and oxygen atoms in total. The molecule has 2 aromatic rings. The molecule has 1 aromatic heterocycles. The fourth-order valence-electron chi connectivity index (χ4n) is 2.96. The Morgan fingerprint density at radius 2 is 1.95 bits per heavy atom. The summed E-state index contributed by atoms with van der Waals surface area (Å²) in [4.78, 5) is 18.8. The molecule has 22 heavy (non-hydrogen) atoms. The summed E-state index contributed by atoms with van der Waals surface area (Å²) in [6.07, 6.45) is 3.77. The van der Waals surface area contributed by atoms with E-state index in [1.54, 1.807) is 6.20 Å². The normalized spacial score (nSPS) is 15.4. The number of benzene rings is 1. The second-order valence-electron chi connectivity index (χ2n) is 5.35. The zero-order chi connectivity index (χ0) is 13.5. The highest BCUT2D eigenvalue weighted by atomic mass is 35.5. The second kappa shape index (κ2) is 6.69. The molecular formula is C15H18Cl2N4O. The number of nitrogens with zero attached hydrogens (tertiary/aromatic N) is 3. The Morgan fingerprint density at radius 1 is 1.14 bits per heavy atom. The second-order valence-corrected chi connectivity index (χ2v) is 5.35. The van der Waals surface area contributed by atoms with Crippen LogP contribution in [0.3, 0.4) is 0 Å². The molecule has 4 rings (SSSR count). The number of hydrogen-bond acceptors (Lipinski definition) is 3. The van der Waals surface area contributed by atoms with Crippen molar-refractivity contribution in [3.05, 3.63) is 53.1 Å². The standard InChI is InChI=1S/C15H16N4O.2ClH/c20-15(11-1-2-12-8-16-9-13(12)7-11)19-6-5-18-4-3-17-14(18)10-19;;/h1-4,7,16H,5-6,8-10H2;2*1H. The lowest BCUT2D eigenvalue weighted by Gasteiger charge is -2.27. The van der Waals surface area contributed by atoms with Gasteiger partial charge in [-0.15, -0.1) is 24.8 Å². The highest BCUT2D eigenvalue weighted by Gasteiger charge is 2.23. The Labute approximate surface area is 141 Å². The van der Waals surface area contributed by atoms with Gasteiger partial charge in [-0.25, -0.2) is 4.98 Å². The summed E-state index contributed by atoms with van der Waals surface area (Å²) < 4.78 is 2.11. The zero-order valence-corrected chi connectivity index (χ0v) is 13.6. The van der Waals surface area contributed by atoms with Crippen molar-refractivity contribution in [2.75, 3.05) is 6.54 Å². The molecule has 0 aliphatic carbocycles. The number of imidazole rings is 1. The van der Waals surface area contributed by atoms with Crippen molar-refractivity contribution in [1.29, 1.82) is 0 Å². The number of nitrogens with one attached hydrogen (secondary N) is 1. The number of carbonyl (C=O) groups excluding carboxylic acids is 1. The topological polar surface area (TPSA) is 50.2 Å². The summed E-state index contributed by atoms with van der Waals surface area (Å²) in [6, 6.07) is 6.03. The number of hydrogen-bond donors (Lipinski definition) is 1. The third-order valence-corrected chi connectivity index (χ3v) is 4.12. The summed E-state index contributed by atoms with van der Waals surface area (Å²) in [6.45, 7) is 3.94. The Bertz CT molecular complexity index is 686. The first-order valence-corrected chi connectivity index (χ1v) is 6.93. The van der Waals surface area contributed by atoms with E-state index in [9.17, 15) is 4.79 Å². The van der Waals surface area contributed by atoms with E-state index in [-0.39, 0.29) is 30.7 Å². The summed E-state index contributed by atoms with van der Waals surface area (Å²) in [7, 11) is 0. The van der Waals surface area contributed by atoms with Crippen LogP contribution in [0.5, 0.6) is 0 Å². The lowest BCUT2D eigenvalue weighted by molar-refractivity contribution is 0.0707. The highest BCUT2D eigenvalue weighted by molar-refractivity contribution is 5.94. The van der Waals surface area contributed by atoms with Gasteiger partial charge in [-0.2, -0.15) is 0 Å². The zero-order valence-electron chi connectivity index (χ0n) is 12.0. The number of carbonyl (C=O) groups is 1. The van der Waals surface area contributed by atoms with Crippen molar-refractivity contribution in [2.24, 2.45) is 0 Å². The lowest BCUT2D eigenvalue weighted by atomic mass is 10.1. The van der Waals surface area contributed by atoms with E-state index in [4.69, 9.17) is 0 Å². The maximum atomic E-state index is 12.6. The van der Waals surface area contributed by atoms with Gasteiger partial charge in [0.05, 0.1) is 6.54 Å². The monoisotopic (exact) mass is 340 g/mol. The van der Waals surface area contributed by atoms with Gasteiger partial charge >= 0.3 is 0 Å². The fourth-order valence-corrected chi connectivity index (χ4v) is 2.96. The minimum absolute atomic E-state index is 0. The fraction of sp³-hybridized carbons (Fsp3) is 0.333. The molecule has 1 amide bonds. The molecular weight excluding hydrogens is 323 g/mol. The molecule has 2 aliphatic rings. The Morgan fingerprint density at radius 3 is 2.82 bits per heavy atom. The van der Waals surface area contributed by atoms with E-state index in [1.807, 2.05) is 23.2 Å². The third kappa shape index (κ3) is 2.84. The van der Waals surface area contributed by atoms with Crippen molar-refractivity contribution in [3.63, 3.8) is 0 Å². The molecule has 0 saturated heterocycles. The molecule has 118 valence electrons. The van der Waals surface area contributed by atoms with Crippen LogP contribution >= 0.6 is 24.8 Å². The van der Waals surface area contributed by atoms with Crippen LogP contribution in [0.4, 0.5) is 0 Å². The molecule has 0 saturated carbocycles. The Balaban J connectivity index is 0.000000882. The molecule has 3 heterocycles. The van der Waals surface area contributed by atoms with Crippen molar-refractivity contribution in [2.45, 2.75) is 26.2 Å². The van der Waals surface area contributed by atoms with Crippen LogP contribution in [-0.4, -0.2) is 26.9 Å². The number of fused-ring (bicyclic) bond motifs is 2. The van der Waals surface area contributed by atoms with E-state index in [2.05, 4.69) is 20.9 Å². The maximum Gasteiger partial charge on any atom is 0.254 e. The van der Waals surface area contributed by atoms with Gasteiger partial charge in [0.1, 0.15) is 5.82 Å². The molecule has 0 fully saturated rings. The van der Waals surface area contributed by atoms with Crippen molar-refractivity contribution in [3.8, 4) is 0 Å². The molecule has 7 heteroatoms. The number of amides is 1. The van der Waals surface area contributed by atoms with Crippen molar-refractivity contribution < 1.29 is 4.79 Å². The van der Waals surface area contributed by atoms with Crippen LogP contribution in [-0.2, 0) is 26.2 Å². The number of halogens is 2. The minimum atomic E-state index is 0. The van der Waals surface area contributed by atoms with Crippen LogP contribution in [0, 0.1) is 0 Å². The molecule has 1 N–H and O–H groups in total. The van der Waals surface area contributed by atoms with Gasteiger partial charge in [0.15, 0.2) is 0 Å². The highest BCUT2D eigenvalue weighted by Crippen LogP contribution is 2.20. The molecule has 0 spiro atoms. The van der Waals surface area contributed by atoms with Crippen molar-refractivity contribution in [1.82, 2.24) is 19.8 Å². The smallest absolute Gasteiger partial charge is 0.254 e. The SMILES string of the molecule is Cl.Cl.O=C(c1ccc2c(c1)CNC2)N1CCn2ccnc2C1. The van der Waals surface area contributed by atoms with Gasteiger partial charge in [-0.1, -0.05) is 6.07 Å². The van der Waals surface area contributed by atoms with Crippen LogP contribution in [0.25, 0.3) is 0 Å². The van der Waals surface area contributed by atoms with Crippen LogP contribution < -0.4 is 5.32 Å². The van der Waals surface area contributed by atoms with E-state index in [0.717, 1.165) is 37.6 Å². The van der Waals surface area contributed by atoms with Gasteiger partial charge in [0.25, 0.3) is 5.91 Å². The summed E-state index contributed by atoms with van der Waals surface area (Å²) in [5.41, 5.74) is 3.33. The summed E-state index contributed by atoms with van der Waals surface area (Å²) in [5.74, 6) is 1.07. The first kappa shape index (κ1) is 16.8. The first-order chi connectivity index (χ1) is 9.81. The van der Waals surface area contributed by atoms with Gasteiger partial charge in [-0.05, 0) is 23.3 Å². The Hall–Kier alpha value is -1.56. The number of rotatable bonds is 1. The average Bonchev–Trinajstić information content (AvgIpc) is 3.13. The summed E-state index contributed by atoms with van der Waals surface area (Å²) in [5, 5.41) is 3.30. The molecule has 2 aliphatic heterocycles. The van der Waals surface area contributed by atoms with Crippen LogP contribution in [0.2, 0.25) is 0 Å². The first-order valence-electron chi connectivity index (χ1n) is 6.93. The number of aromatic nitrogens is 2. The van der Waals surface area contributed by atoms with Crippen LogP contribution in [0.15, 0.2) is 30.6 Å². The predicted molar refractivity (Wildman–Crippen MR) is 88.4 cm³/mol. The molecule has 0 bridgehead atoms. The van der Waals surface area contributed by atoms with E-state index >= 15 is 0 Å². The largest absolute Gasteiger partial charge is 0.332 e. The lowest BCUT2D eigenvalue weighted by Crippen LogP contribution is -2.38. The Kier molecular flexibility index (Phi) is 5.11. The van der Waals surface area contributed by atoms with E-state index in [1.165, 1.54) is 11.1 Å². The molecule has 1 aromatic carbocycles. The van der Waals surface area contributed by atoms with Gasteiger partial charge < -0.3 is 14.8 Å². The quantitative estimate of drug-likeness (QED) is 0.863. The third-order valence-electron chi connectivity index (χ3n) is 4.12. The van der Waals surface area contributed by atoms with Gasteiger partial charge in [0, 0.05) is 44.1 Å². The van der Waals surface area contributed by atoms with Gasteiger partial charge in [0.2, 0.25) is 0 Å².